The van der Waals surface area contributed by atoms with Gasteiger partial charge in [0.15, 0.2) is 0 Å². The first kappa shape index (κ1) is 17.0. The largest absolute Gasteiger partial charge is 0.493 e. The molecule has 0 heterocycles. The van der Waals surface area contributed by atoms with E-state index in [1.54, 1.807) is 19.1 Å². The zero-order chi connectivity index (χ0) is 14.8. The minimum atomic E-state index is -0.785. The Hall–Kier alpha value is -1.09. The lowest BCUT2D eigenvalue weighted by Gasteiger charge is -2.10. The van der Waals surface area contributed by atoms with Crippen molar-refractivity contribution >= 4 is 0 Å². The molecule has 3 heteroatoms. The Morgan fingerprint density at radius 1 is 1.10 bits per heavy atom. The van der Waals surface area contributed by atoms with Crippen molar-refractivity contribution in [3.63, 3.8) is 0 Å². The summed E-state index contributed by atoms with van der Waals surface area (Å²) in [7, 11) is 0. The molecule has 1 N–H and O–H groups in total. The van der Waals surface area contributed by atoms with Gasteiger partial charge in [0, 0.05) is 11.6 Å². The fraction of sp³-hybridized carbons (Fsp3) is 0.647. The van der Waals surface area contributed by atoms with Crippen molar-refractivity contribution in [2.45, 2.75) is 64.9 Å². The highest BCUT2D eigenvalue weighted by molar-refractivity contribution is 5.29. The van der Waals surface area contributed by atoms with Crippen LogP contribution in [0.2, 0.25) is 0 Å². The highest BCUT2D eigenvalue weighted by atomic mass is 19.1. The molecule has 0 aromatic heterocycles. The molecule has 0 aliphatic rings. The van der Waals surface area contributed by atoms with Gasteiger partial charge in [-0.15, -0.1) is 0 Å². The monoisotopic (exact) mass is 282 g/mol. The summed E-state index contributed by atoms with van der Waals surface area (Å²) < 4.78 is 19.1. The average molecular weight is 282 g/mol. The first-order chi connectivity index (χ1) is 9.65. The van der Waals surface area contributed by atoms with Crippen LogP contribution in [0.3, 0.4) is 0 Å². The molecule has 0 saturated heterocycles. The van der Waals surface area contributed by atoms with E-state index in [-0.39, 0.29) is 0 Å². The molecule has 0 bridgehead atoms. The highest BCUT2D eigenvalue weighted by Crippen LogP contribution is 2.21. The molecule has 0 aliphatic carbocycles. The first-order valence-corrected chi connectivity index (χ1v) is 7.75. The number of hydrogen-bond acceptors (Lipinski definition) is 2. The van der Waals surface area contributed by atoms with Gasteiger partial charge in [-0.1, -0.05) is 45.4 Å². The van der Waals surface area contributed by atoms with E-state index < -0.39 is 11.9 Å². The fourth-order valence-corrected chi connectivity index (χ4v) is 2.19. The molecule has 1 atom stereocenters. The quantitative estimate of drug-likeness (QED) is 0.611. The van der Waals surface area contributed by atoms with Crippen LogP contribution in [-0.4, -0.2) is 11.7 Å². The summed E-state index contributed by atoms with van der Waals surface area (Å²) in [5.41, 5.74) is 0.313. The van der Waals surface area contributed by atoms with Gasteiger partial charge in [0.25, 0.3) is 0 Å². The second-order valence-electron chi connectivity index (χ2n) is 5.33. The van der Waals surface area contributed by atoms with Crippen LogP contribution in [0, 0.1) is 5.82 Å². The van der Waals surface area contributed by atoms with E-state index in [0.29, 0.717) is 17.9 Å². The van der Waals surface area contributed by atoms with Crippen molar-refractivity contribution in [3.8, 4) is 5.75 Å². The average Bonchev–Trinajstić information content (AvgIpc) is 2.41. The summed E-state index contributed by atoms with van der Waals surface area (Å²) in [6.45, 7) is 4.40. The van der Waals surface area contributed by atoms with Gasteiger partial charge < -0.3 is 9.84 Å². The molecule has 2 nitrogen and oxygen atoms in total. The molecule has 1 rings (SSSR count). The second kappa shape index (κ2) is 9.76. The minimum Gasteiger partial charge on any atom is -0.493 e. The number of aliphatic hydroxyl groups is 1. The lowest BCUT2D eigenvalue weighted by atomic mass is 10.1. The van der Waals surface area contributed by atoms with Crippen molar-refractivity contribution in [2.24, 2.45) is 0 Å². The molecule has 0 aliphatic heterocycles. The minimum absolute atomic E-state index is 0.313. The number of benzene rings is 1. The van der Waals surface area contributed by atoms with E-state index >= 15 is 0 Å². The van der Waals surface area contributed by atoms with E-state index in [9.17, 15) is 9.50 Å². The van der Waals surface area contributed by atoms with Crippen molar-refractivity contribution in [2.75, 3.05) is 6.61 Å². The summed E-state index contributed by atoms with van der Waals surface area (Å²) >= 11 is 0. The standard InChI is InChI=1S/C17H27FO2/c1-3-4-5-6-7-8-9-12-20-15-10-11-16(14(2)19)17(18)13-15/h10-11,13-14,19H,3-9,12H2,1-2H3/t14-/m0/s1. The Morgan fingerprint density at radius 3 is 2.35 bits per heavy atom. The molecule has 114 valence electrons. The van der Waals surface area contributed by atoms with Gasteiger partial charge in [0.05, 0.1) is 12.7 Å². The molecule has 0 radical (unpaired) electrons. The third-order valence-electron chi connectivity index (χ3n) is 3.44. The van der Waals surface area contributed by atoms with Gasteiger partial charge in [-0.3, -0.25) is 0 Å². The van der Waals surface area contributed by atoms with E-state index in [2.05, 4.69) is 6.92 Å². The second-order valence-corrected chi connectivity index (χ2v) is 5.33. The van der Waals surface area contributed by atoms with Crippen LogP contribution in [0.1, 0.15) is 70.5 Å². The Labute approximate surface area is 122 Å². The Balaban J connectivity index is 2.18. The molecule has 0 unspecified atom stereocenters. The Bertz CT molecular complexity index is 377. The zero-order valence-corrected chi connectivity index (χ0v) is 12.7. The zero-order valence-electron chi connectivity index (χ0n) is 12.7. The van der Waals surface area contributed by atoms with Gasteiger partial charge in [-0.25, -0.2) is 4.39 Å². The van der Waals surface area contributed by atoms with Crippen LogP contribution in [0.5, 0.6) is 5.75 Å². The van der Waals surface area contributed by atoms with Crippen LogP contribution in [0.4, 0.5) is 4.39 Å². The topological polar surface area (TPSA) is 29.5 Å². The molecule has 1 aromatic carbocycles. The normalized spacial score (nSPS) is 12.4. The van der Waals surface area contributed by atoms with Crippen molar-refractivity contribution in [1.29, 1.82) is 0 Å². The molecule has 1 aromatic rings. The third kappa shape index (κ3) is 6.38. The number of hydrogen-bond donors (Lipinski definition) is 1. The molecule has 0 fully saturated rings. The highest BCUT2D eigenvalue weighted by Gasteiger charge is 2.08. The van der Waals surface area contributed by atoms with Gasteiger partial charge in [0.2, 0.25) is 0 Å². The van der Waals surface area contributed by atoms with Crippen molar-refractivity contribution in [3.05, 3.63) is 29.6 Å². The van der Waals surface area contributed by atoms with Crippen LogP contribution in [0.15, 0.2) is 18.2 Å². The van der Waals surface area contributed by atoms with Gasteiger partial charge in [-0.05, 0) is 25.5 Å². The molecular weight excluding hydrogens is 255 g/mol. The number of unbranched alkanes of at least 4 members (excludes halogenated alkanes) is 6. The molecule has 0 amide bonds. The van der Waals surface area contributed by atoms with Gasteiger partial charge in [0.1, 0.15) is 11.6 Å². The maximum absolute atomic E-state index is 13.6. The summed E-state index contributed by atoms with van der Waals surface area (Å²) in [6.07, 6.45) is 7.85. The smallest absolute Gasteiger partial charge is 0.132 e. The van der Waals surface area contributed by atoms with Crippen molar-refractivity contribution < 1.29 is 14.2 Å². The fourth-order valence-electron chi connectivity index (χ4n) is 2.19. The van der Waals surface area contributed by atoms with E-state index in [1.165, 1.54) is 38.2 Å². The summed E-state index contributed by atoms with van der Waals surface area (Å²) in [5, 5.41) is 9.35. The molecular formula is C17H27FO2. The summed E-state index contributed by atoms with van der Waals surface area (Å²) in [4.78, 5) is 0. The van der Waals surface area contributed by atoms with Gasteiger partial charge >= 0.3 is 0 Å². The number of ether oxygens (including phenoxy) is 1. The molecule has 0 spiro atoms. The summed E-state index contributed by atoms with van der Waals surface area (Å²) in [5.74, 6) is 0.134. The number of aliphatic hydroxyl groups excluding tert-OH is 1. The SMILES string of the molecule is CCCCCCCCCOc1ccc([C@H](C)O)c(F)c1. The molecule has 20 heavy (non-hydrogen) atoms. The summed E-state index contributed by atoms with van der Waals surface area (Å²) in [6, 6.07) is 4.65. The Kier molecular flexibility index (Phi) is 8.28. The first-order valence-electron chi connectivity index (χ1n) is 7.75. The number of rotatable bonds is 10. The van der Waals surface area contributed by atoms with Gasteiger partial charge in [-0.2, -0.15) is 0 Å². The van der Waals surface area contributed by atoms with E-state index in [0.717, 1.165) is 12.8 Å². The third-order valence-corrected chi connectivity index (χ3v) is 3.44. The van der Waals surface area contributed by atoms with E-state index in [4.69, 9.17) is 4.74 Å². The maximum atomic E-state index is 13.6. The van der Waals surface area contributed by atoms with Crippen LogP contribution in [0.25, 0.3) is 0 Å². The Morgan fingerprint density at radius 2 is 1.75 bits per heavy atom. The van der Waals surface area contributed by atoms with Crippen LogP contribution >= 0.6 is 0 Å². The van der Waals surface area contributed by atoms with Crippen LogP contribution in [-0.2, 0) is 0 Å². The number of halogens is 1. The lowest BCUT2D eigenvalue weighted by Crippen LogP contribution is -2.00. The lowest BCUT2D eigenvalue weighted by molar-refractivity contribution is 0.194. The maximum Gasteiger partial charge on any atom is 0.132 e. The van der Waals surface area contributed by atoms with E-state index in [1.807, 2.05) is 0 Å². The van der Waals surface area contributed by atoms with Crippen LogP contribution < -0.4 is 4.74 Å². The van der Waals surface area contributed by atoms with Crippen molar-refractivity contribution in [1.82, 2.24) is 0 Å². The molecule has 0 saturated carbocycles. The predicted octanol–water partition coefficient (Wildman–Crippen LogP) is 5.01. The predicted molar refractivity (Wildman–Crippen MR) is 80.5 cm³/mol.